The van der Waals surface area contributed by atoms with Crippen LogP contribution in [0.15, 0.2) is 46.2 Å². The molecule has 2 aromatic rings. The van der Waals surface area contributed by atoms with Gasteiger partial charge in [0, 0.05) is 42.0 Å². The molecule has 4 N–H and O–H groups in total. The van der Waals surface area contributed by atoms with Crippen molar-refractivity contribution in [2.45, 2.75) is 42.0 Å². The summed E-state index contributed by atoms with van der Waals surface area (Å²) in [7, 11) is -5.14. The molecule has 1 saturated heterocycles. The molecule has 2 aliphatic rings. The molecule has 0 aliphatic carbocycles. The monoisotopic (exact) mass is 580 g/mol. The van der Waals surface area contributed by atoms with Gasteiger partial charge in [-0.05, 0) is 60.3 Å². The van der Waals surface area contributed by atoms with E-state index < -0.39 is 20.2 Å². The first-order valence-corrected chi connectivity index (χ1v) is 15.9. The molecule has 2 heterocycles. The smallest absolute Gasteiger partial charge is 0.261 e. The molecule has 1 fully saturated rings. The first-order chi connectivity index (χ1) is 16.5. The zero-order chi connectivity index (χ0) is 27.3. The molecule has 0 amide bonds. The highest BCUT2D eigenvalue weighted by Crippen LogP contribution is 2.44. The van der Waals surface area contributed by atoms with Crippen LogP contribution in [-0.2, 0) is 26.7 Å². The van der Waals surface area contributed by atoms with Gasteiger partial charge in [-0.25, -0.2) is 4.39 Å². The lowest BCUT2D eigenvalue weighted by Crippen LogP contribution is -2.46. The number of hydrogen-bond donors (Lipinski definition) is 2. The molecule has 2 aliphatic heterocycles. The Balaban J connectivity index is 0.000000534. The molecule has 0 aromatic heterocycles. The Morgan fingerprint density at radius 1 is 0.919 bits per heavy atom. The van der Waals surface area contributed by atoms with Gasteiger partial charge in [0.15, 0.2) is 0 Å². The van der Waals surface area contributed by atoms with E-state index in [1.807, 2.05) is 6.07 Å². The Labute approximate surface area is 223 Å². The summed E-state index contributed by atoms with van der Waals surface area (Å²) < 4.78 is 65.7. The van der Waals surface area contributed by atoms with Gasteiger partial charge in [0.2, 0.25) is 0 Å². The summed E-state index contributed by atoms with van der Waals surface area (Å²) in [6.45, 7) is 8.84. The normalized spacial score (nSPS) is 18.1. The van der Waals surface area contributed by atoms with Crippen LogP contribution in [0.1, 0.15) is 42.5 Å². The highest BCUT2D eigenvalue weighted by Gasteiger charge is 2.30. The molecule has 0 saturated carbocycles. The van der Waals surface area contributed by atoms with Gasteiger partial charge < -0.3 is 10.4 Å². The van der Waals surface area contributed by atoms with E-state index >= 15 is 0 Å². The summed E-state index contributed by atoms with van der Waals surface area (Å²) in [6, 6.07) is 12.5. The molecule has 1 atom stereocenters. The second-order valence-corrected chi connectivity index (χ2v) is 13.3. The Hall–Kier alpha value is -1.58. The molecular weight excluding hydrogens is 543 g/mol. The number of rotatable bonds is 2. The second-order valence-electron chi connectivity index (χ2n) is 9.33. The van der Waals surface area contributed by atoms with Crippen molar-refractivity contribution in [2.24, 2.45) is 0 Å². The maximum atomic E-state index is 13.9. The van der Waals surface area contributed by atoms with Crippen molar-refractivity contribution in [3.8, 4) is 0 Å². The predicted molar refractivity (Wildman–Crippen MR) is 145 cm³/mol. The topological polar surface area (TPSA) is 147 Å². The number of halogens is 1. The molecule has 0 bridgehead atoms. The number of likely N-dealkylation sites (N-methyl/N-ethyl adjacent to an activating group) is 1. The fraction of sp³-hybridized carbons (Fsp3) is 0.500. The van der Waals surface area contributed by atoms with Gasteiger partial charge in [-0.15, -0.1) is 0 Å². The van der Waals surface area contributed by atoms with Crippen molar-refractivity contribution in [3.05, 3.63) is 58.9 Å². The molecule has 1 unspecified atom stereocenters. The van der Waals surface area contributed by atoms with E-state index in [0.29, 0.717) is 24.5 Å². The third-order valence-electron chi connectivity index (χ3n) is 5.69. The Bertz CT molecular complexity index is 1200. The number of nitrogens with zero attached hydrogens (tertiary/aromatic N) is 2. The van der Waals surface area contributed by atoms with E-state index in [-0.39, 0.29) is 11.3 Å². The molecule has 2 aromatic carbocycles. The van der Waals surface area contributed by atoms with Gasteiger partial charge in [0.25, 0.3) is 20.2 Å². The highest BCUT2D eigenvalue weighted by molar-refractivity contribution is 7.99. The third kappa shape index (κ3) is 12.2. The fourth-order valence-corrected chi connectivity index (χ4v) is 5.08. The van der Waals surface area contributed by atoms with Crippen LogP contribution in [0.5, 0.6) is 0 Å². The Kier molecular flexibility index (Phi) is 12.6. The van der Waals surface area contributed by atoms with Gasteiger partial charge in [0.05, 0.1) is 12.5 Å². The molecule has 4 rings (SSSR count). The van der Waals surface area contributed by atoms with Crippen LogP contribution in [0.3, 0.4) is 0 Å². The van der Waals surface area contributed by atoms with Crippen LogP contribution in [0, 0.1) is 5.82 Å². The lowest BCUT2D eigenvalue weighted by Gasteiger charge is -2.38. The minimum atomic E-state index is -3.67. The number of piperazine rings is 1. The largest absolute Gasteiger partial charge is 0.412 e. The first kappa shape index (κ1) is 33.4. The van der Waals surface area contributed by atoms with Gasteiger partial charge in [-0.3, -0.25) is 14.0 Å². The van der Waals surface area contributed by atoms with Gasteiger partial charge in [-0.1, -0.05) is 37.7 Å². The molecule has 210 valence electrons. The average molecular weight is 581 g/mol. The lowest BCUT2D eigenvalue weighted by molar-refractivity contribution is 0.110. The minimum absolute atomic E-state index is 0. The van der Waals surface area contributed by atoms with E-state index in [2.05, 4.69) is 48.9 Å². The van der Waals surface area contributed by atoms with Crippen molar-refractivity contribution in [1.29, 1.82) is 0 Å². The summed E-state index contributed by atoms with van der Waals surface area (Å²) in [4.78, 5) is 7.51. The van der Waals surface area contributed by atoms with E-state index in [4.69, 9.17) is 9.11 Å². The molecule has 9 nitrogen and oxygen atoms in total. The van der Waals surface area contributed by atoms with Gasteiger partial charge in [0.1, 0.15) is 5.82 Å². The molecule has 13 heteroatoms. The van der Waals surface area contributed by atoms with Crippen LogP contribution in [0.4, 0.5) is 4.39 Å². The summed E-state index contributed by atoms with van der Waals surface area (Å²) in [5, 5.41) is 0. The van der Waals surface area contributed by atoms with Crippen molar-refractivity contribution in [2.75, 3.05) is 45.7 Å². The number of fused-ring (bicyclic) bond motifs is 2. The molecule has 0 radical (unpaired) electrons. The summed E-state index contributed by atoms with van der Waals surface area (Å²) in [5.74, 6) is 0.386. The van der Waals surface area contributed by atoms with Gasteiger partial charge >= 0.3 is 0 Å². The van der Waals surface area contributed by atoms with Crippen molar-refractivity contribution >= 4 is 32.0 Å². The van der Waals surface area contributed by atoms with E-state index in [0.717, 1.165) is 38.2 Å². The summed E-state index contributed by atoms with van der Waals surface area (Å²) in [5.41, 5.74) is 3.95. The summed E-state index contributed by atoms with van der Waals surface area (Å²) in [6.07, 6.45) is 2.32. The summed E-state index contributed by atoms with van der Waals surface area (Å²) >= 11 is 1.80. The van der Waals surface area contributed by atoms with Gasteiger partial charge in [-0.2, -0.15) is 16.8 Å². The zero-order valence-corrected chi connectivity index (χ0v) is 24.1. The standard InChI is InChI=1S/C22H27FN2S.2CH4O3S.H2O/c1-15(2)16-4-6-22-19(13-16)20(25-10-8-24(3)9-11-25)14-17-12-18(23)5-7-21(17)26-22;2*1-5(2,3)4;/h4-7,12-13,15,20H,8-11,14H2,1-3H3;2*1H3,(H,2,3,4);1H2. The van der Waals surface area contributed by atoms with Crippen LogP contribution in [-0.4, -0.2) is 87.0 Å². The number of hydrogen-bond acceptors (Lipinski definition) is 7. The quantitative estimate of drug-likeness (QED) is 0.511. The van der Waals surface area contributed by atoms with Crippen LogP contribution >= 0.6 is 11.8 Å². The first-order valence-electron chi connectivity index (χ1n) is 11.4. The van der Waals surface area contributed by atoms with E-state index in [1.54, 1.807) is 23.9 Å². The minimum Gasteiger partial charge on any atom is -0.412 e. The molecule has 0 spiro atoms. The van der Waals surface area contributed by atoms with Crippen molar-refractivity contribution in [3.63, 3.8) is 0 Å². The zero-order valence-electron chi connectivity index (χ0n) is 21.7. The maximum Gasteiger partial charge on any atom is 0.261 e. The SMILES string of the molecule is CC(C)c1ccc2c(c1)C(N1CCN(C)CC1)Cc1cc(F)ccc1S2.CS(=O)(=O)O.CS(=O)(=O)O.O. The van der Waals surface area contributed by atoms with Crippen molar-refractivity contribution in [1.82, 2.24) is 9.80 Å². The third-order valence-corrected chi connectivity index (χ3v) is 6.90. The Morgan fingerprint density at radius 2 is 1.43 bits per heavy atom. The van der Waals surface area contributed by atoms with Crippen molar-refractivity contribution < 1.29 is 35.8 Å². The number of benzene rings is 2. The average Bonchev–Trinajstić information content (AvgIpc) is 2.88. The van der Waals surface area contributed by atoms with E-state index in [9.17, 15) is 21.2 Å². The molecular formula is C24H37FN2O7S3. The predicted octanol–water partition coefficient (Wildman–Crippen LogP) is 3.13. The molecule has 37 heavy (non-hydrogen) atoms. The second kappa shape index (κ2) is 14.0. The highest BCUT2D eigenvalue weighted by atomic mass is 32.2. The lowest BCUT2D eigenvalue weighted by atomic mass is 9.93. The Morgan fingerprint density at radius 3 is 1.95 bits per heavy atom. The van der Waals surface area contributed by atoms with Crippen LogP contribution in [0.25, 0.3) is 0 Å². The van der Waals surface area contributed by atoms with Crippen LogP contribution in [0.2, 0.25) is 0 Å². The fourth-order valence-electron chi connectivity index (χ4n) is 3.98. The maximum absolute atomic E-state index is 13.9. The van der Waals surface area contributed by atoms with E-state index in [1.165, 1.54) is 20.9 Å². The van der Waals surface area contributed by atoms with Crippen LogP contribution < -0.4 is 0 Å².